The van der Waals surface area contributed by atoms with E-state index >= 15 is 0 Å². The van der Waals surface area contributed by atoms with E-state index in [4.69, 9.17) is 4.74 Å². The van der Waals surface area contributed by atoms with Gasteiger partial charge >= 0.3 is 5.97 Å². The fourth-order valence-corrected chi connectivity index (χ4v) is 1.91. The molecule has 1 amide bonds. The van der Waals surface area contributed by atoms with Gasteiger partial charge in [-0.1, -0.05) is 30.3 Å². The van der Waals surface area contributed by atoms with Crippen molar-refractivity contribution in [3.8, 4) is 0 Å². The molecular weight excluding hydrogens is 280 g/mol. The molecule has 0 bridgehead atoms. The summed E-state index contributed by atoms with van der Waals surface area (Å²) in [5, 5.41) is 2.78. The number of benzene rings is 1. The summed E-state index contributed by atoms with van der Waals surface area (Å²) in [4.78, 5) is 27.6. The molecule has 1 aromatic heterocycles. The van der Waals surface area contributed by atoms with Crippen LogP contribution in [-0.2, 0) is 9.53 Å². The molecule has 2 rings (SSSR count). The second-order valence-corrected chi connectivity index (χ2v) is 4.96. The van der Waals surface area contributed by atoms with Crippen molar-refractivity contribution in [2.75, 3.05) is 6.61 Å². The first-order valence-electron chi connectivity index (χ1n) is 7.00. The molecule has 114 valence electrons. The van der Waals surface area contributed by atoms with Gasteiger partial charge in [-0.15, -0.1) is 0 Å². The van der Waals surface area contributed by atoms with E-state index in [9.17, 15) is 9.59 Å². The van der Waals surface area contributed by atoms with E-state index in [1.807, 2.05) is 44.2 Å². The van der Waals surface area contributed by atoms with Crippen LogP contribution in [-0.4, -0.2) is 23.5 Å². The van der Waals surface area contributed by atoms with Gasteiger partial charge in [-0.05, 0) is 31.5 Å². The molecule has 22 heavy (non-hydrogen) atoms. The van der Waals surface area contributed by atoms with Crippen molar-refractivity contribution in [2.45, 2.75) is 19.9 Å². The third-order valence-corrected chi connectivity index (χ3v) is 3.16. The normalized spacial score (nSPS) is 11.5. The summed E-state index contributed by atoms with van der Waals surface area (Å²) in [7, 11) is 0. The fourth-order valence-electron chi connectivity index (χ4n) is 1.91. The molecule has 1 N–H and O–H groups in total. The number of carbonyl (C=O) groups excluding carboxylic acids is 2. The highest BCUT2D eigenvalue weighted by molar-refractivity contribution is 5.91. The summed E-state index contributed by atoms with van der Waals surface area (Å²) in [5.41, 5.74) is 2.13. The number of esters is 1. The third-order valence-electron chi connectivity index (χ3n) is 3.16. The Morgan fingerprint density at radius 2 is 1.91 bits per heavy atom. The van der Waals surface area contributed by atoms with Crippen LogP contribution in [0.25, 0.3) is 0 Å². The molecule has 0 aliphatic carbocycles. The minimum atomic E-state index is -0.560. The second kappa shape index (κ2) is 7.36. The quantitative estimate of drug-likeness (QED) is 0.861. The molecule has 0 saturated heterocycles. The SMILES string of the molecule is Cc1ccc(C(=O)OCC(=O)NC(C)c2ccccc2)cn1. The smallest absolute Gasteiger partial charge is 0.340 e. The number of ether oxygens (including phenoxy) is 1. The lowest BCUT2D eigenvalue weighted by molar-refractivity contribution is -0.124. The number of hydrogen-bond acceptors (Lipinski definition) is 4. The number of hydrogen-bond donors (Lipinski definition) is 1. The zero-order valence-electron chi connectivity index (χ0n) is 12.6. The van der Waals surface area contributed by atoms with Gasteiger partial charge in [0.15, 0.2) is 6.61 Å². The van der Waals surface area contributed by atoms with Gasteiger partial charge in [0.1, 0.15) is 0 Å². The highest BCUT2D eigenvalue weighted by Crippen LogP contribution is 2.10. The van der Waals surface area contributed by atoms with Gasteiger partial charge in [0.2, 0.25) is 0 Å². The number of rotatable bonds is 5. The number of nitrogens with one attached hydrogen (secondary N) is 1. The minimum Gasteiger partial charge on any atom is -0.452 e. The molecule has 0 radical (unpaired) electrons. The first-order valence-corrected chi connectivity index (χ1v) is 7.00. The Kier molecular flexibility index (Phi) is 5.25. The Morgan fingerprint density at radius 3 is 2.55 bits per heavy atom. The average Bonchev–Trinajstić information content (AvgIpc) is 2.54. The number of aromatic nitrogens is 1. The molecule has 1 heterocycles. The van der Waals surface area contributed by atoms with Crippen molar-refractivity contribution in [2.24, 2.45) is 0 Å². The molecule has 1 aromatic carbocycles. The van der Waals surface area contributed by atoms with Gasteiger partial charge in [0, 0.05) is 11.9 Å². The van der Waals surface area contributed by atoms with Gasteiger partial charge in [-0.2, -0.15) is 0 Å². The summed E-state index contributed by atoms with van der Waals surface area (Å²) in [6.45, 7) is 3.39. The van der Waals surface area contributed by atoms with Crippen LogP contribution in [0, 0.1) is 6.92 Å². The van der Waals surface area contributed by atoms with Crippen LogP contribution in [0.15, 0.2) is 48.7 Å². The highest BCUT2D eigenvalue weighted by Gasteiger charge is 2.13. The lowest BCUT2D eigenvalue weighted by Gasteiger charge is -2.14. The fraction of sp³-hybridized carbons (Fsp3) is 0.235. The van der Waals surface area contributed by atoms with Crippen molar-refractivity contribution < 1.29 is 14.3 Å². The lowest BCUT2D eigenvalue weighted by atomic mass is 10.1. The third kappa shape index (κ3) is 4.41. The van der Waals surface area contributed by atoms with Crippen molar-refractivity contribution in [3.63, 3.8) is 0 Å². The molecule has 2 aromatic rings. The maximum atomic E-state index is 11.8. The van der Waals surface area contributed by atoms with Gasteiger partial charge in [-0.25, -0.2) is 4.79 Å². The Bertz CT molecular complexity index is 639. The molecule has 0 saturated carbocycles. The first-order chi connectivity index (χ1) is 10.6. The van der Waals surface area contributed by atoms with E-state index in [1.165, 1.54) is 6.20 Å². The largest absolute Gasteiger partial charge is 0.452 e. The van der Waals surface area contributed by atoms with E-state index in [0.717, 1.165) is 11.3 Å². The Morgan fingerprint density at radius 1 is 1.18 bits per heavy atom. The Labute approximate surface area is 129 Å². The predicted molar refractivity (Wildman–Crippen MR) is 82.3 cm³/mol. The molecule has 0 fully saturated rings. The number of pyridine rings is 1. The number of carbonyl (C=O) groups is 2. The van der Waals surface area contributed by atoms with E-state index in [2.05, 4.69) is 10.3 Å². The minimum absolute atomic E-state index is 0.145. The van der Waals surface area contributed by atoms with E-state index in [0.29, 0.717) is 5.56 Å². The molecule has 0 spiro atoms. The second-order valence-electron chi connectivity index (χ2n) is 4.96. The number of nitrogens with zero attached hydrogens (tertiary/aromatic N) is 1. The molecule has 0 aliphatic heterocycles. The van der Waals surface area contributed by atoms with Crippen LogP contribution in [0.2, 0.25) is 0 Å². The Hall–Kier alpha value is -2.69. The molecule has 5 nitrogen and oxygen atoms in total. The number of aryl methyl sites for hydroxylation is 1. The van der Waals surface area contributed by atoms with E-state index in [1.54, 1.807) is 12.1 Å². The van der Waals surface area contributed by atoms with E-state index in [-0.39, 0.29) is 18.6 Å². The van der Waals surface area contributed by atoms with Crippen LogP contribution in [0.5, 0.6) is 0 Å². The summed E-state index contributed by atoms with van der Waals surface area (Å²) in [5.74, 6) is -0.903. The maximum absolute atomic E-state index is 11.8. The lowest BCUT2D eigenvalue weighted by Crippen LogP contribution is -2.31. The molecule has 5 heteroatoms. The van der Waals surface area contributed by atoms with Crippen molar-refractivity contribution in [1.29, 1.82) is 0 Å². The van der Waals surface area contributed by atoms with Gasteiger partial charge in [0.05, 0.1) is 11.6 Å². The van der Waals surface area contributed by atoms with Gasteiger partial charge < -0.3 is 10.1 Å². The van der Waals surface area contributed by atoms with E-state index < -0.39 is 5.97 Å². The molecule has 1 unspecified atom stereocenters. The summed E-state index contributed by atoms with van der Waals surface area (Å²) in [6.07, 6.45) is 1.43. The van der Waals surface area contributed by atoms with Crippen molar-refractivity contribution in [3.05, 3.63) is 65.5 Å². The Balaban J connectivity index is 1.82. The van der Waals surface area contributed by atoms with Gasteiger partial charge in [0.25, 0.3) is 5.91 Å². The maximum Gasteiger partial charge on any atom is 0.340 e. The predicted octanol–water partition coefficient (Wildman–Crippen LogP) is 2.42. The van der Waals surface area contributed by atoms with Crippen LogP contribution in [0.1, 0.15) is 34.6 Å². The summed E-state index contributed by atoms with van der Waals surface area (Å²) in [6, 6.07) is 12.8. The zero-order chi connectivity index (χ0) is 15.9. The van der Waals surface area contributed by atoms with Crippen LogP contribution >= 0.6 is 0 Å². The summed E-state index contributed by atoms with van der Waals surface area (Å²) < 4.78 is 4.98. The molecule has 1 atom stereocenters. The summed E-state index contributed by atoms with van der Waals surface area (Å²) >= 11 is 0. The first kappa shape index (κ1) is 15.7. The van der Waals surface area contributed by atoms with Crippen LogP contribution in [0.3, 0.4) is 0 Å². The molecule has 0 aliphatic rings. The molecular formula is C17H18N2O3. The van der Waals surface area contributed by atoms with Crippen molar-refractivity contribution >= 4 is 11.9 Å². The van der Waals surface area contributed by atoms with Gasteiger partial charge in [-0.3, -0.25) is 9.78 Å². The van der Waals surface area contributed by atoms with Crippen LogP contribution in [0.4, 0.5) is 0 Å². The average molecular weight is 298 g/mol. The van der Waals surface area contributed by atoms with Crippen LogP contribution < -0.4 is 5.32 Å². The van der Waals surface area contributed by atoms with Crippen molar-refractivity contribution in [1.82, 2.24) is 10.3 Å². The monoisotopic (exact) mass is 298 g/mol. The highest BCUT2D eigenvalue weighted by atomic mass is 16.5. The zero-order valence-corrected chi connectivity index (χ0v) is 12.6. The number of amides is 1. The standard InChI is InChI=1S/C17H18N2O3/c1-12-8-9-15(10-18-12)17(21)22-11-16(20)19-13(2)14-6-4-3-5-7-14/h3-10,13H,11H2,1-2H3,(H,19,20). The topological polar surface area (TPSA) is 68.3 Å².